The Bertz CT molecular complexity index is 452. The van der Waals surface area contributed by atoms with Gasteiger partial charge in [-0.25, -0.2) is 0 Å². The zero-order chi connectivity index (χ0) is 14.7. The summed E-state index contributed by atoms with van der Waals surface area (Å²) >= 11 is 5.87. The number of ketones is 1. The summed E-state index contributed by atoms with van der Waals surface area (Å²) in [6.07, 6.45) is 2.26. The van der Waals surface area contributed by atoms with E-state index in [1.807, 2.05) is 19.1 Å². The molecule has 3 nitrogen and oxygen atoms in total. The van der Waals surface area contributed by atoms with E-state index in [-0.39, 0.29) is 11.8 Å². The van der Waals surface area contributed by atoms with Crippen LogP contribution in [0.15, 0.2) is 24.3 Å². The van der Waals surface area contributed by atoms with Crippen molar-refractivity contribution in [2.45, 2.75) is 31.8 Å². The highest BCUT2D eigenvalue weighted by Crippen LogP contribution is 2.19. The van der Waals surface area contributed by atoms with Gasteiger partial charge in [0.1, 0.15) is 0 Å². The third-order valence-electron chi connectivity index (χ3n) is 4.38. The van der Waals surface area contributed by atoms with Crippen LogP contribution >= 0.6 is 11.6 Å². The highest BCUT2D eigenvalue weighted by Gasteiger charge is 2.27. The molecule has 1 atom stereocenters. The van der Waals surface area contributed by atoms with Gasteiger partial charge >= 0.3 is 0 Å². The summed E-state index contributed by atoms with van der Waals surface area (Å²) in [5, 5.41) is 0.665. The normalized spacial score (nSPS) is 19.2. The number of rotatable bonds is 4. The fraction of sp³-hybridized carbons (Fsp3) is 0.562. The molecule has 20 heavy (non-hydrogen) atoms. The van der Waals surface area contributed by atoms with Crippen LogP contribution < -0.4 is 0 Å². The Morgan fingerprint density at radius 1 is 1.30 bits per heavy atom. The van der Waals surface area contributed by atoms with Crippen LogP contribution in [-0.4, -0.2) is 54.9 Å². The Labute approximate surface area is 126 Å². The lowest BCUT2D eigenvalue weighted by Gasteiger charge is -2.37. The fourth-order valence-electron chi connectivity index (χ4n) is 2.76. The number of benzene rings is 1. The minimum Gasteiger partial charge on any atom is -0.306 e. The molecule has 1 aromatic carbocycles. The fourth-order valence-corrected chi connectivity index (χ4v) is 2.88. The topological polar surface area (TPSA) is 23.6 Å². The van der Waals surface area contributed by atoms with E-state index in [0.29, 0.717) is 11.1 Å². The van der Waals surface area contributed by atoms with E-state index in [0.717, 1.165) is 31.5 Å². The maximum Gasteiger partial charge on any atom is 0.179 e. The Morgan fingerprint density at radius 3 is 2.40 bits per heavy atom. The summed E-state index contributed by atoms with van der Waals surface area (Å²) < 4.78 is 0. The van der Waals surface area contributed by atoms with Crippen molar-refractivity contribution in [2.24, 2.45) is 0 Å². The molecule has 0 radical (unpaired) electrons. The third-order valence-corrected chi connectivity index (χ3v) is 4.64. The van der Waals surface area contributed by atoms with Crippen molar-refractivity contribution in [3.05, 3.63) is 34.9 Å². The first-order chi connectivity index (χ1) is 9.49. The molecule has 0 amide bonds. The average molecular weight is 295 g/mol. The van der Waals surface area contributed by atoms with Crippen LogP contribution in [-0.2, 0) is 0 Å². The number of Topliss-reactive ketones (excluding diaryl/α,β-unsaturated/α-hetero) is 1. The summed E-state index contributed by atoms with van der Waals surface area (Å²) in [4.78, 5) is 17.1. The molecule has 0 aliphatic carbocycles. The number of carbonyl (C=O) groups excluding carboxylic acids is 1. The maximum atomic E-state index is 12.5. The number of nitrogens with zero attached hydrogens (tertiary/aromatic N) is 2. The van der Waals surface area contributed by atoms with E-state index in [2.05, 4.69) is 23.9 Å². The molecule has 4 heteroatoms. The van der Waals surface area contributed by atoms with E-state index in [1.165, 1.54) is 0 Å². The highest BCUT2D eigenvalue weighted by atomic mass is 35.5. The van der Waals surface area contributed by atoms with E-state index in [4.69, 9.17) is 11.6 Å². The van der Waals surface area contributed by atoms with Crippen LogP contribution in [0.5, 0.6) is 0 Å². The average Bonchev–Trinajstić information content (AvgIpc) is 2.46. The van der Waals surface area contributed by atoms with E-state index < -0.39 is 0 Å². The molecule has 0 aromatic heterocycles. The van der Waals surface area contributed by atoms with Crippen molar-refractivity contribution < 1.29 is 4.79 Å². The lowest BCUT2D eigenvalue weighted by molar-refractivity contribution is 0.0731. The molecule has 1 unspecified atom stereocenters. The van der Waals surface area contributed by atoms with Gasteiger partial charge in [0.05, 0.1) is 6.04 Å². The molecular formula is C16H23ClN2O. The smallest absolute Gasteiger partial charge is 0.179 e. The number of carbonyl (C=O) groups is 1. The first kappa shape index (κ1) is 15.5. The molecule has 2 rings (SSSR count). The number of hydrogen-bond donors (Lipinski definition) is 0. The van der Waals surface area contributed by atoms with Crippen molar-refractivity contribution in [3.8, 4) is 0 Å². The highest BCUT2D eigenvalue weighted by molar-refractivity contribution is 6.30. The van der Waals surface area contributed by atoms with Gasteiger partial charge in [-0.15, -0.1) is 0 Å². The van der Waals surface area contributed by atoms with Crippen LogP contribution in [0.4, 0.5) is 0 Å². The SMILES string of the molecule is CC(C(=O)c1ccc(Cl)cc1)N(C)C1CCN(C)CC1. The molecule has 110 valence electrons. The lowest BCUT2D eigenvalue weighted by atomic mass is 9.99. The van der Waals surface area contributed by atoms with E-state index in [1.54, 1.807) is 12.1 Å². The summed E-state index contributed by atoms with van der Waals surface area (Å²) in [7, 11) is 4.22. The van der Waals surface area contributed by atoms with E-state index in [9.17, 15) is 4.79 Å². The van der Waals surface area contributed by atoms with Gasteiger partial charge in [-0.2, -0.15) is 0 Å². The lowest BCUT2D eigenvalue weighted by Crippen LogP contribution is -2.47. The van der Waals surface area contributed by atoms with Crippen LogP contribution in [0.25, 0.3) is 0 Å². The summed E-state index contributed by atoms with van der Waals surface area (Å²) in [5.74, 6) is 0.170. The van der Waals surface area contributed by atoms with Gasteiger partial charge in [-0.1, -0.05) is 11.6 Å². The van der Waals surface area contributed by atoms with Gasteiger partial charge in [-0.3, -0.25) is 9.69 Å². The van der Waals surface area contributed by atoms with Gasteiger partial charge in [0.2, 0.25) is 0 Å². The number of likely N-dealkylation sites (N-methyl/N-ethyl adjacent to an activating group) is 1. The monoisotopic (exact) mass is 294 g/mol. The zero-order valence-corrected chi connectivity index (χ0v) is 13.2. The molecule has 1 fully saturated rings. The van der Waals surface area contributed by atoms with Crippen LogP contribution in [0.3, 0.4) is 0 Å². The number of likely N-dealkylation sites (tertiary alicyclic amines) is 1. The Balaban J connectivity index is 2.00. The van der Waals surface area contributed by atoms with Crippen molar-refractivity contribution >= 4 is 17.4 Å². The van der Waals surface area contributed by atoms with Gasteiger partial charge in [0.15, 0.2) is 5.78 Å². The first-order valence-corrected chi connectivity index (χ1v) is 7.57. The molecule has 0 bridgehead atoms. The Kier molecular flexibility index (Phi) is 5.19. The van der Waals surface area contributed by atoms with Crippen LogP contribution in [0, 0.1) is 0 Å². The molecule has 0 spiro atoms. The van der Waals surface area contributed by atoms with Gasteiger partial charge in [-0.05, 0) is 71.2 Å². The minimum atomic E-state index is -0.0930. The predicted octanol–water partition coefficient (Wildman–Crippen LogP) is 2.94. The van der Waals surface area contributed by atoms with Crippen LogP contribution in [0.1, 0.15) is 30.1 Å². The van der Waals surface area contributed by atoms with Crippen LogP contribution in [0.2, 0.25) is 5.02 Å². The van der Waals surface area contributed by atoms with Crippen molar-refractivity contribution in [2.75, 3.05) is 27.2 Å². The summed E-state index contributed by atoms with van der Waals surface area (Å²) in [6.45, 7) is 4.21. The zero-order valence-electron chi connectivity index (χ0n) is 12.5. The maximum absolute atomic E-state index is 12.5. The third kappa shape index (κ3) is 3.60. The van der Waals surface area contributed by atoms with Crippen molar-refractivity contribution in [3.63, 3.8) is 0 Å². The standard InChI is InChI=1S/C16H23ClN2O/c1-12(16(20)13-4-6-14(17)7-5-13)19(3)15-8-10-18(2)11-9-15/h4-7,12,15H,8-11H2,1-3H3. The first-order valence-electron chi connectivity index (χ1n) is 7.19. The Morgan fingerprint density at radius 2 is 1.85 bits per heavy atom. The number of halogens is 1. The van der Waals surface area contributed by atoms with Crippen molar-refractivity contribution in [1.29, 1.82) is 0 Å². The second-order valence-electron chi connectivity index (χ2n) is 5.75. The van der Waals surface area contributed by atoms with Gasteiger partial charge in [0, 0.05) is 16.6 Å². The molecular weight excluding hydrogens is 272 g/mol. The summed E-state index contributed by atoms with van der Waals surface area (Å²) in [5.41, 5.74) is 0.738. The van der Waals surface area contributed by atoms with E-state index >= 15 is 0 Å². The van der Waals surface area contributed by atoms with Crippen molar-refractivity contribution in [1.82, 2.24) is 9.80 Å². The number of hydrogen-bond acceptors (Lipinski definition) is 3. The second-order valence-corrected chi connectivity index (χ2v) is 6.18. The largest absolute Gasteiger partial charge is 0.306 e. The predicted molar refractivity (Wildman–Crippen MR) is 83.5 cm³/mol. The number of piperidine rings is 1. The minimum absolute atomic E-state index is 0.0930. The second kappa shape index (κ2) is 6.70. The molecule has 0 N–H and O–H groups in total. The summed E-state index contributed by atoms with van der Waals surface area (Å²) in [6, 6.07) is 7.57. The quantitative estimate of drug-likeness (QED) is 0.798. The molecule has 1 aliphatic heterocycles. The molecule has 1 aromatic rings. The van der Waals surface area contributed by atoms with Gasteiger partial charge in [0.25, 0.3) is 0 Å². The van der Waals surface area contributed by atoms with Gasteiger partial charge < -0.3 is 4.90 Å². The molecule has 1 saturated heterocycles. The molecule has 1 heterocycles. The Hall–Kier alpha value is -0.900. The molecule has 0 saturated carbocycles. The molecule has 1 aliphatic rings.